The van der Waals surface area contributed by atoms with Gasteiger partial charge in [-0.05, 0) is 36.4 Å². The summed E-state index contributed by atoms with van der Waals surface area (Å²) < 4.78 is 29.0. The Kier molecular flexibility index (Phi) is 3.87. The Bertz CT molecular complexity index is 875. The van der Waals surface area contributed by atoms with Crippen LogP contribution in [0, 0.1) is 0 Å². The molecule has 112 valence electrons. The number of benzene rings is 2. The highest BCUT2D eigenvalue weighted by molar-refractivity contribution is 7.92. The molecule has 22 heavy (non-hydrogen) atoms. The van der Waals surface area contributed by atoms with E-state index in [1.165, 1.54) is 12.1 Å². The first-order chi connectivity index (χ1) is 10.6. The van der Waals surface area contributed by atoms with E-state index in [2.05, 4.69) is 9.71 Å². The molecule has 0 aliphatic rings. The van der Waals surface area contributed by atoms with E-state index < -0.39 is 10.0 Å². The van der Waals surface area contributed by atoms with Crippen molar-refractivity contribution in [2.45, 2.75) is 4.90 Å². The monoisotopic (exact) mass is 333 g/mol. The van der Waals surface area contributed by atoms with Gasteiger partial charge in [0.2, 0.25) is 0 Å². The summed E-state index contributed by atoms with van der Waals surface area (Å²) in [5.41, 5.74) is 1.35. The first-order valence-corrected chi connectivity index (χ1v) is 8.28. The normalized spacial score (nSPS) is 11.3. The van der Waals surface area contributed by atoms with Crippen LogP contribution < -0.4 is 4.72 Å². The average Bonchev–Trinajstić information content (AvgIpc) is 3.02. The first kappa shape index (κ1) is 14.6. The molecule has 0 amide bonds. The highest BCUT2D eigenvalue weighted by Gasteiger charge is 2.17. The van der Waals surface area contributed by atoms with E-state index in [-0.39, 0.29) is 9.92 Å². The van der Waals surface area contributed by atoms with Crippen LogP contribution >= 0.6 is 11.6 Å². The van der Waals surface area contributed by atoms with Gasteiger partial charge in [-0.25, -0.2) is 13.4 Å². The number of nitrogens with zero attached hydrogens (tertiary/aromatic N) is 2. The van der Waals surface area contributed by atoms with Gasteiger partial charge in [0.05, 0.1) is 11.3 Å². The van der Waals surface area contributed by atoms with Crippen LogP contribution in [0.5, 0.6) is 0 Å². The van der Waals surface area contributed by atoms with Crippen LogP contribution in [0.15, 0.2) is 72.1 Å². The largest absolute Gasteiger partial charge is 0.306 e. The summed E-state index contributed by atoms with van der Waals surface area (Å²) in [4.78, 5) is 4.02. The Morgan fingerprint density at radius 1 is 1.05 bits per heavy atom. The predicted octanol–water partition coefficient (Wildman–Crippen LogP) is 3.33. The van der Waals surface area contributed by atoms with Gasteiger partial charge < -0.3 is 4.57 Å². The third kappa shape index (κ3) is 2.98. The molecule has 0 radical (unpaired) electrons. The second-order valence-electron chi connectivity index (χ2n) is 4.55. The topological polar surface area (TPSA) is 64.0 Å². The zero-order chi connectivity index (χ0) is 15.6. The molecule has 0 bridgehead atoms. The van der Waals surface area contributed by atoms with E-state index in [0.717, 1.165) is 5.69 Å². The number of halogens is 1. The summed E-state index contributed by atoms with van der Waals surface area (Å²) in [6, 6.07) is 13.3. The molecule has 1 N–H and O–H groups in total. The highest BCUT2D eigenvalue weighted by Crippen LogP contribution is 2.23. The molecule has 0 saturated carbocycles. The maximum atomic E-state index is 12.3. The Labute approximate surface area is 133 Å². The number of rotatable bonds is 4. The van der Waals surface area contributed by atoms with Gasteiger partial charge in [0.15, 0.2) is 0 Å². The smallest absolute Gasteiger partial charge is 0.263 e. The first-order valence-electron chi connectivity index (χ1n) is 6.42. The Hall–Kier alpha value is -2.31. The summed E-state index contributed by atoms with van der Waals surface area (Å²) in [6.45, 7) is 0. The quantitative estimate of drug-likeness (QED) is 0.796. The lowest BCUT2D eigenvalue weighted by Gasteiger charge is -2.10. The molecule has 5 nitrogen and oxygen atoms in total. The summed E-state index contributed by atoms with van der Waals surface area (Å²) in [5.74, 6) is 0. The Morgan fingerprint density at radius 3 is 2.41 bits per heavy atom. The summed E-state index contributed by atoms with van der Waals surface area (Å²) in [6.07, 6.45) is 5.15. The van der Waals surface area contributed by atoms with Gasteiger partial charge in [-0.15, -0.1) is 0 Å². The second-order valence-corrected chi connectivity index (χ2v) is 6.61. The molecule has 0 atom stereocenters. The van der Waals surface area contributed by atoms with Crippen LogP contribution in [0.2, 0.25) is 5.02 Å². The molecule has 0 aliphatic heterocycles. The Morgan fingerprint density at radius 2 is 1.77 bits per heavy atom. The van der Waals surface area contributed by atoms with Crippen LogP contribution in [0.1, 0.15) is 0 Å². The van der Waals surface area contributed by atoms with Crippen LogP contribution in [-0.2, 0) is 10.0 Å². The lowest BCUT2D eigenvalue weighted by Crippen LogP contribution is -2.13. The van der Waals surface area contributed by atoms with Gasteiger partial charge in [0.25, 0.3) is 10.0 Å². The third-order valence-electron chi connectivity index (χ3n) is 3.05. The van der Waals surface area contributed by atoms with Crippen LogP contribution in [0.4, 0.5) is 5.69 Å². The standard InChI is InChI=1S/C15H12ClN3O2S/c16-14-3-1-2-4-15(14)22(20,21)18-12-5-7-13(8-6-12)19-10-9-17-11-19/h1-11,18H. The van der Waals surface area contributed by atoms with Crippen LogP contribution in [0.3, 0.4) is 0 Å². The molecular weight excluding hydrogens is 322 g/mol. The number of nitrogens with one attached hydrogen (secondary N) is 1. The molecule has 0 aliphatic carbocycles. The lowest BCUT2D eigenvalue weighted by molar-refractivity contribution is 0.601. The van der Waals surface area contributed by atoms with Crippen molar-refractivity contribution in [3.05, 3.63) is 72.3 Å². The fourth-order valence-corrected chi connectivity index (χ4v) is 3.57. The SMILES string of the molecule is O=S(=O)(Nc1ccc(-n2ccnc2)cc1)c1ccccc1Cl. The average molecular weight is 334 g/mol. The van der Waals surface area contributed by atoms with Crippen molar-refractivity contribution in [3.8, 4) is 5.69 Å². The van der Waals surface area contributed by atoms with Crippen molar-refractivity contribution in [3.63, 3.8) is 0 Å². The van der Waals surface area contributed by atoms with Gasteiger partial charge in [-0.2, -0.15) is 0 Å². The van der Waals surface area contributed by atoms with Crippen molar-refractivity contribution >= 4 is 27.3 Å². The van der Waals surface area contributed by atoms with Crippen molar-refractivity contribution in [1.29, 1.82) is 0 Å². The molecule has 7 heteroatoms. The summed E-state index contributed by atoms with van der Waals surface area (Å²) in [5, 5.41) is 0.185. The van der Waals surface area contributed by atoms with Gasteiger partial charge in [-0.1, -0.05) is 23.7 Å². The molecule has 3 aromatic rings. The summed E-state index contributed by atoms with van der Waals surface area (Å²) in [7, 11) is -3.71. The number of anilines is 1. The minimum atomic E-state index is -3.71. The number of hydrogen-bond donors (Lipinski definition) is 1. The molecule has 0 unspecified atom stereocenters. The molecule has 1 heterocycles. The molecule has 2 aromatic carbocycles. The van der Waals surface area contributed by atoms with Crippen molar-refractivity contribution in [2.75, 3.05) is 4.72 Å². The van der Waals surface area contributed by atoms with E-state index >= 15 is 0 Å². The molecule has 1 aromatic heterocycles. The maximum Gasteiger partial charge on any atom is 0.263 e. The van der Waals surface area contributed by atoms with Crippen molar-refractivity contribution < 1.29 is 8.42 Å². The van der Waals surface area contributed by atoms with E-state index in [9.17, 15) is 8.42 Å². The number of imidazole rings is 1. The van der Waals surface area contributed by atoms with Crippen LogP contribution in [-0.4, -0.2) is 18.0 Å². The summed E-state index contributed by atoms with van der Waals surface area (Å²) >= 11 is 5.94. The zero-order valence-corrected chi connectivity index (χ0v) is 12.9. The number of sulfonamides is 1. The molecule has 0 fully saturated rings. The van der Waals surface area contributed by atoms with Gasteiger partial charge >= 0.3 is 0 Å². The van der Waals surface area contributed by atoms with E-state index in [0.29, 0.717) is 5.69 Å². The minimum Gasteiger partial charge on any atom is -0.306 e. The lowest BCUT2D eigenvalue weighted by atomic mass is 10.3. The van der Waals surface area contributed by atoms with E-state index in [1.807, 2.05) is 10.8 Å². The van der Waals surface area contributed by atoms with Crippen molar-refractivity contribution in [2.24, 2.45) is 0 Å². The highest BCUT2D eigenvalue weighted by atomic mass is 35.5. The number of hydrogen-bond acceptors (Lipinski definition) is 3. The van der Waals surface area contributed by atoms with Crippen molar-refractivity contribution in [1.82, 2.24) is 9.55 Å². The minimum absolute atomic E-state index is 0.0513. The van der Waals surface area contributed by atoms with Gasteiger partial charge in [0.1, 0.15) is 4.90 Å². The maximum absolute atomic E-state index is 12.3. The molecule has 0 spiro atoms. The van der Waals surface area contributed by atoms with E-state index in [1.54, 1.807) is 48.9 Å². The van der Waals surface area contributed by atoms with Crippen LogP contribution in [0.25, 0.3) is 5.69 Å². The zero-order valence-electron chi connectivity index (χ0n) is 11.3. The van der Waals surface area contributed by atoms with Gasteiger partial charge in [0, 0.05) is 23.8 Å². The fraction of sp³-hybridized carbons (Fsp3) is 0. The predicted molar refractivity (Wildman–Crippen MR) is 85.8 cm³/mol. The molecule has 3 rings (SSSR count). The van der Waals surface area contributed by atoms with Gasteiger partial charge in [-0.3, -0.25) is 4.72 Å². The second kappa shape index (κ2) is 5.82. The molecular formula is C15H12ClN3O2S. The number of aromatic nitrogens is 2. The Balaban J connectivity index is 1.86. The third-order valence-corrected chi connectivity index (χ3v) is 4.93. The molecule has 0 saturated heterocycles. The van der Waals surface area contributed by atoms with E-state index in [4.69, 9.17) is 11.6 Å². The fourth-order valence-electron chi connectivity index (χ4n) is 1.99.